The summed E-state index contributed by atoms with van der Waals surface area (Å²) in [5.41, 5.74) is 1.01. The van der Waals surface area contributed by atoms with Crippen LogP contribution in [0.1, 0.15) is 15.9 Å². The van der Waals surface area contributed by atoms with Crippen molar-refractivity contribution in [1.29, 1.82) is 0 Å². The minimum Gasteiger partial charge on any atom is -0.350 e. The predicted molar refractivity (Wildman–Crippen MR) is 95.1 cm³/mol. The first kappa shape index (κ1) is 17.8. The maximum atomic E-state index is 13.6. The predicted octanol–water partition coefficient (Wildman–Crippen LogP) is 4.27. The summed E-state index contributed by atoms with van der Waals surface area (Å²) in [6, 6.07) is 10.2. The highest BCUT2D eigenvalue weighted by atomic mass is 35.5. The minimum atomic E-state index is -0.861. The molecule has 3 aromatic rings. The molecular formula is C18H13ClF2N4O. The number of hydrogen-bond acceptors (Lipinski definition) is 4. The molecule has 3 rings (SSSR count). The van der Waals surface area contributed by atoms with E-state index in [2.05, 4.69) is 20.6 Å². The van der Waals surface area contributed by atoms with Gasteiger partial charge in [-0.25, -0.2) is 18.7 Å². The van der Waals surface area contributed by atoms with Gasteiger partial charge < -0.3 is 10.6 Å². The summed E-state index contributed by atoms with van der Waals surface area (Å²) in [5, 5.41) is 6.01. The molecule has 132 valence electrons. The molecule has 1 amide bonds. The molecule has 1 aromatic heterocycles. The Morgan fingerprint density at radius 3 is 2.38 bits per heavy atom. The fourth-order valence-corrected chi connectivity index (χ4v) is 2.23. The molecule has 0 radical (unpaired) electrons. The van der Waals surface area contributed by atoms with E-state index in [9.17, 15) is 13.6 Å². The summed E-state index contributed by atoms with van der Waals surface area (Å²) >= 11 is 5.83. The van der Waals surface area contributed by atoms with Gasteiger partial charge in [0.15, 0.2) is 0 Å². The molecule has 2 aromatic carbocycles. The van der Waals surface area contributed by atoms with E-state index in [1.54, 1.807) is 12.1 Å². The zero-order chi connectivity index (χ0) is 18.5. The largest absolute Gasteiger partial charge is 0.350 e. The molecular weight excluding hydrogens is 362 g/mol. The van der Waals surface area contributed by atoms with Gasteiger partial charge in [0.1, 0.15) is 11.6 Å². The maximum Gasteiger partial charge on any atom is 0.258 e. The summed E-state index contributed by atoms with van der Waals surface area (Å²) < 4.78 is 26.5. The third-order valence-electron chi connectivity index (χ3n) is 3.46. The number of aromatic nitrogens is 2. The molecule has 0 unspecified atom stereocenters. The summed E-state index contributed by atoms with van der Waals surface area (Å²) in [7, 11) is 0. The fourth-order valence-electron chi connectivity index (χ4n) is 2.11. The van der Waals surface area contributed by atoms with Gasteiger partial charge in [0, 0.05) is 30.0 Å². The normalized spacial score (nSPS) is 10.4. The Balaban J connectivity index is 1.61. The number of halogens is 3. The molecule has 2 N–H and O–H groups in total. The second kappa shape index (κ2) is 7.88. The topological polar surface area (TPSA) is 66.9 Å². The Morgan fingerprint density at radius 1 is 1.04 bits per heavy atom. The standard InChI is InChI=1S/C18H13ClF2N4O/c19-13-3-1-11(2-4-13)8-22-18-23-9-12(10-24-18)17(26)25-16-6-5-14(20)7-15(16)21/h1-7,9-10H,8H2,(H,25,26)(H,22,23,24). The van der Waals surface area contributed by atoms with Crippen molar-refractivity contribution in [3.63, 3.8) is 0 Å². The van der Waals surface area contributed by atoms with Crippen molar-refractivity contribution < 1.29 is 13.6 Å². The summed E-state index contributed by atoms with van der Waals surface area (Å²) in [5.74, 6) is -1.84. The molecule has 0 atom stereocenters. The van der Waals surface area contributed by atoms with E-state index in [1.165, 1.54) is 12.4 Å². The molecule has 5 nitrogen and oxygen atoms in total. The number of nitrogens with one attached hydrogen (secondary N) is 2. The second-order valence-electron chi connectivity index (χ2n) is 5.35. The number of amides is 1. The molecule has 0 aliphatic heterocycles. The van der Waals surface area contributed by atoms with Gasteiger partial charge in [-0.2, -0.15) is 0 Å². The van der Waals surface area contributed by atoms with Gasteiger partial charge in [-0.15, -0.1) is 0 Å². The minimum absolute atomic E-state index is 0.124. The molecule has 0 aliphatic rings. The van der Waals surface area contributed by atoms with E-state index < -0.39 is 17.5 Å². The molecule has 0 bridgehead atoms. The SMILES string of the molecule is O=C(Nc1ccc(F)cc1F)c1cnc(NCc2ccc(Cl)cc2)nc1. The van der Waals surface area contributed by atoms with Crippen LogP contribution in [-0.4, -0.2) is 15.9 Å². The van der Waals surface area contributed by atoms with Crippen LogP contribution in [0, 0.1) is 11.6 Å². The molecule has 0 fully saturated rings. The monoisotopic (exact) mass is 374 g/mol. The number of carbonyl (C=O) groups is 1. The average molecular weight is 375 g/mol. The zero-order valence-electron chi connectivity index (χ0n) is 13.3. The highest BCUT2D eigenvalue weighted by molar-refractivity contribution is 6.30. The smallest absolute Gasteiger partial charge is 0.258 e. The van der Waals surface area contributed by atoms with Crippen molar-refractivity contribution in [1.82, 2.24) is 9.97 Å². The van der Waals surface area contributed by atoms with E-state index in [1.807, 2.05) is 12.1 Å². The van der Waals surface area contributed by atoms with Gasteiger partial charge in [-0.05, 0) is 29.8 Å². The molecule has 0 saturated heterocycles. The second-order valence-corrected chi connectivity index (χ2v) is 5.79. The van der Waals surface area contributed by atoms with Gasteiger partial charge in [-0.3, -0.25) is 4.79 Å². The van der Waals surface area contributed by atoms with E-state index >= 15 is 0 Å². The lowest BCUT2D eigenvalue weighted by atomic mass is 10.2. The van der Waals surface area contributed by atoms with Crippen molar-refractivity contribution in [3.05, 3.63) is 82.6 Å². The Hall–Kier alpha value is -3.06. The highest BCUT2D eigenvalue weighted by Crippen LogP contribution is 2.16. The van der Waals surface area contributed by atoms with Gasteiger partial charge in [0.2, 0.25) is 5.95 Å². The Bertz CT molecular complexity index is 917. The number of benzene rings is 2. The van der Waals surface area contributed by atoms with Crippen LogP contribution >= 0.6 is 11.6 Å². The molecule has 0 aliphatic carbocycles. The van der Waals surface area contributed by atoms with Gasteiger partial charge in [0.25, 0.3) is 5.91 Å². The van der Waals surface area contributed by atoms with Crippen LogP contribution in [0.3, 0.4) is 0 Å². The molecule has 0 saturated carbocycles. The molecule has 26 heavy (non-hydrogen) atoms. The number of carbonyl (C=O) groups excluding carboxylic acids is 1. The van der Waals surface area contributed by atoms with Crippen LogP contribution in [0.15, 0.2) is 54.9 Å². The summed E-state index contributed by atoms with van der Waals surface area (Å²) in [6.07, 6.45) is 2.63. The van der Waals surface area contributed by atoms with E-state index in [0.717, 1.165) is 17.7 Å². The van der Waals surface area contributed by atoms with Crippen LogP contribution in [-0.2, 0) is 6.54 Å². The van der Waals surface area contributed by atoms with Crippen molar-refractivity contribution in [2.45, 2.75) is 6.54 Å². The van der Waals surface area contributed by atoms with Crippen LogP contribution in [0.25, 0.3) is 0 Å². The first-order chi connectivity index (χ1) is 12.5. The van der Waals surface area contributed by atoms with E-state index in [0.29, 0.717) is 23.6 Å². The van der Waals surface area contributed by atoms with Crippen molar-refractivity contribution in [2.75, 3.05) is 10.6 Å². The van der Waals surface area contributed by atoms with Gasteiger partial charge >= 0.3 is 0 Å². The number of anilines is 2. The van der Waals surface area contributed by atoms with Crippen molar-refractivity contribution >= 4 is 29.1 Å². The van der Waals surface area contributed by atoms with Crippen molar-refractivity contribution in [3.8, 4) is 0 Å². The Labute approximate surface area is 153 Å². The summed E-state index contributed by atoms with van der Waals surface area (Å²) in [4.78, 5) is 20.2. The van der Waals surface area contributed by atoms with Crippen LogP contribution < -0.4 is 10.6 Å². The highest BCUT2D eigenvalue weighted by Gasteiger charge is 2.11. The Kier molecular flexibility index (Phi) is 5.38. The van der Waals surface area contributed by atoms with Crippen molar-refractivity contribution in [2.24, 2.45) is 0 Å². The quantitative estimate of drug-likeness (QED) is 0.699. The lowest BCUT2D eigenvalue weighted by molar-refractivity contribution is 0.102. The van der Waals surface area contributed by atoms with Gasteiger partial charge in [-0.1, -0.05) is 23.7 Å². The first-order valence-corrected chi connectivity index (χ1v) is 7.96. The van der Waals surface area contributed by atoms with Gasteiger partial charge in [0.05, 0.1) is 11.3 Å². The van der Waals surface area contributed by atoms with Crippen LogP contribution in [0.2, 0.25) is 5.02 Å². The van der Waals surface area contributed by atoms with Crippen LogP contribution in [0.5, 0.6) is 0 Å². The molecule has 8 heteroatoms. The van der Waals surface area contributed by atoms with Crippen LogP contribution in [0.4, 0.5) is 20.4 Å². The van der Waals surface area contributed by atoms with E-state index in [-0.39, 0.29) is 11.3 Å². The first-order valence-electron chi connectivity index (χ1n) is 7.58. The number of rotatable bonds is 5. The maximum absolute atomic E-state index is 13.6. The third-order valence-corrected chi connectivity index (χ3v) is 3.71. The van der Waals surface area contributed by atoms with E-state index in [4.69, 9.17) is 11.6 Å². The number of hydrogen-bond donors (Lipinski definition) is 2. The average Bonchev–Trinajstić information content (AvgIpc) is 2.64. The summed E-state index contributed by atoms with van der Waals surface area (Å²) in [6.45, 7) is 0.490. The number of nitrogens with zero attached hydrogens (tertiary/aromatic N) is 2. The Morgan fingerprint density at radius 2 is 1.73 bits per heavy atom. The molecule has 1 heterocycles. The zero-order valence-corrected chi connectivity index (χ0v) is 14.1. The fraction of sp³-hybridized carbons (Fsp3) is 0.0556. The lowest BCUT2D eigenvalue weighted by Crippen LogP contribution is -2.14. The third kappa shape index (κ3) is 4.52. The lowest BCUT2D eigenvalue weighted by Gasteiger charge is -2.08. The molecule has 0 spiro atoms.